The number of nitriles is 1. The highest BCUT2D eigenvalue weighted by Gasteiger charge is 2.19. The van der Waals surface area contributed by atoms with Gasteiger partial charge in [-0.05, 0) is 23.8 Å². The van der Waals surface area contributed by atoms with Crippen LogP contribution in [0.1, 0.15) is 21.5 Å². The van der Waals surface area contributed by atoms with E-state index in [9.17, 15) is 9.59 Å². The van der Waals surface area contributed by atoms with E-state index in [1.807, 2.05) is 6.07 Å². The number of carbonyl (C=O) groups excluding carboxylic acids is 2. The molecule has 1 aliphatic rings. The number of rotatable bonds is 2. The van der Waals surface area contributed by atoms with Gasteiger partial charge in [-0.2, -0.15) is 5.26 Å². The Kier molecular flexibility index (Phi) is 3.98. The van der Waals surface area contributed by atoms with Crippen molar-refractivity contribution in [2.24, 2.45) is 4.99 Å². The normalized spacial score (nSPS) is 14.5. The third-order valence-electron chi connectivity index (χ3n) is 3.60. The Hall–Kier alpha value is -3.26. The molecular weight excluding hydrogens is 290 g/mol. The van der Waals surface area contributed by atoms with Crippen molar-refractivity contribution in [3.63, 3.8) is 0 Å². The maximum absolute atomic E-state index is 12.0. The molecule has 2 aromatic rings. The number of ketones is 1. The van der Waals surface area contributed by atoms with Gasteiger partial charge in [0.05, 0.1) is 18.2 Å². The number of fused-ring (bicyclic) bond motifs is 1. The topological polar surface area (TPSA) is 82.3 Å². The van der Waals surface area contributed by atoms with Crippen LogP contribution in [0.2, 0.25) is 0 Å². The number of carbonyl (C=O) groups is 2. The molecule has 0 spiro atoms. The summed E-state index contributed by atoms with van der Waals surface area (Å²) < 4.78 is 0. The van der Waals surface area contributed by atoms with Gasteiger partial charge in [0.15, 0.2) is 0 Å². The smallest absolute Gasteiger partial charge is 0.318 e. The molecule has 0 aromatic heterocycles. The molecule has 0 saturated carbocycles. The lowest BCUT2D eigenvalue weighted by molar-refractivity contribution is -0.113. The summed E-state index contributed by atoms with van der Waals surface area (Å²) in [5, 5.41) is 12.1. The Labute approximate surface area is 133 Å². The zero-order valence-corrected chi connectivity index (χ0v) is 12.2. The summed E-state index contributed by atoms with van der Waals surface area (Å²) in [6.45, 7) is 0.409. The summed E-state index contributed by atoms with van der Waals surface area (Å²) >= 11 is 0. The number of aliphatic imine (C=N–C) groups is 1. The van der Waals surface area contributed by atoms with Gasteiger partial charge in [-0.15, -0.1) is 0 Å². The molecule has 0 fully saturated rings. The molecule has 0 radical (unpaired) electrons. The van der Waals surface area contributed by atoms with Gasteiger partial charge >= 0.3 is 5.91 Å². The molecule has 1 amide bonds. The largest absolute Gasteiger partial charge is 0.379 e. The lowest BCUT2D eigenvalue weighted by Crippen LogP contribution is -2.25. The highest BCUT2D eigenvalue weighted by Crippen LogP contribution is 2.22. The summed E-state index contributed by atoms with van der Waals surface area (Å²) in [5.41, 5.74) is 3.29. The number of amides is 1. The van der Waals surface area contributed by atoms with Crippen LogP contribution in [0.25, 0.3) is 0 Å². The monoisotopic (exact) mass is 303 g/mol. The van der Waals surface area contributed by atoms with E-state index in [0.717, 1.165) is 11.3 Å². The Morgan fingerprint density at radius 3 is 2.65 bits per heavy atom. The molecule has 0 aliphatic carbocycles. The van der Waals surface area contributed by atoms with Crippen molar-refractivity contribution < 1.29 is 9.59 Å². The third-order valence-corrected chi connectivity index (χ3v) is 3.60. The molecule has 2 aromatic carbocycles. The molecule has 1 heterocycles. The first-order valence-electron chi connectivity index (χ1n) is 7.14. The van der Waals surface area contributed by atoms with Crippen LogP contribution in [-0.2, 0) is 11.2 Å². The van der Waals surface area contributed by atoms with Crippen LogP contribution in [0.4, 0.5) is 5.69 Å². The lowest BCUT2D eigenvalue weighted by atomic mass is 9.99. The summed E-state index contributed by atoms with van der Waals surface area (Å²) in [6.07, 6.45) is 0.450. The number of Topliss-reactive ketones (excluding diaryl/α,β-unsaturated/α-hetero) is 1. The minimum atomic E-state index is -0.770. The molecule has 23 heavy (non-hydrogen) atoms. The summed E-state index contributed by atoms with van der Waals surface area (Å²) in [6, 6.07) is 15.8. The minimum absolute atomic E-state index is 0.331. The summed E-state index contributed by atoms with van der Waals surface area (Å²) in [4.78, 5) is 28.0. The summed E-state index contributed by atoms with van der Waals surface area (Å²) in [7, 11) is 0. The fraction of sp³-hybridized carbons (Fsp3) is 0.111. The van der Waals surface area contributed by atoms with E-state index in [4.69, 9.17) is 5.26 Å². The van der Waals surface area contributed by atoms with Crippen molar-refractivity contribution in [3.8, 4) is 6.07 Å². The van der Waals surface area contributed by atoms with Gasteiger partial charge in [0.1, 0.15) is 0 Å². The molecule has 5 heteroatoms. The number of hydrogen-bond donors (Lipinski definition) is 1. The highest BCUT2D eigenvalue weighted by molar-refractivity contribution is 6.44. The molecule has 0 bridgehead atoms. The van der Waals surface area contributed by atoms with Crippen LogP contribution in [0.15, 0.2) is 53.5 Å². The first-order chi connectivity index (χ1) is 11.2. The van der Waals surface area contributed by atoms with Crippen LogP contribution in [0.3, 0.4) is 0 Å². The standard InChI is InChI=1S/C18H13N3O2/c19-10-12-6-7-16-14(8-12)9-15(11-20-16)21-18(23)17(22)13-4-2-1-3-5-13/h1-8,20H,9,11H2. The minimum Gasteiger partial charge on any atom is -0.379 e. The van der Waals surface area contributed by atoms with Crippen molar-refractivity contribution in [2.45, 2.75) is 6.42 Å². The Morgan fingerprint density at radius 1 is 1.13 bits per heavy atom. The number of nitrogens with one attached hydrogen (secondary N) is 1. The van der Waals surface area contributed by atoms with Gasteiger partial charge in [0, 0.05) is 23.4 Å². The average molecular weight is 303 g/mol. The number of hydrogen-bond acceptors (Lipinski definition) is 4. The second-order valence-corrected chi connectivity index (χ2v) is 5.19. The van der Waals surface area contributed by atoms with Gasteiger partial charge in [-0.3, -0.25) is 9.59 Å². The molecular formula is C18H13N3O2. The predicted molar refractivity (Wildman–Crippen MR) is 86.6 cm³/mol. The first kappa shape index (κ1) is 14.7. The Morgan fingerprint density at radius 2 is 1.91 bits per heavy atom. The van der Waals surface area contributed by atoms with Crippen LogP contribution >= 0.6 is 0 Å². The molecule has 1 N–H and O–H groups in total. The van der Waals surface area contributed by atoms with Crippen molar-refractivity contribution in [2.75, 3.05) is 11.9 Å². The van der Waals surface area contributed by atoms with Gasteiger partial charge in [-0.25, -0.2) is 4.99 Å². The van der Waals surface area contributed by atoms with E-state index in [-0.39, 0.29) is 0 Å². The number of benzene rings is 2. The van der Waals surface area contributed by atoms with Crippen LogP contribution in [0.5, 0.6) is 0 Å². The zero-order valence-electron chi connectivity index (χ0n) is 12.2. The molecule has 1 aliphatic heterocycles. The predicted octanol–water partition coefficient (Wildman–Crippen LogP) is 2.38. The van der Waals surface area contributed by atoms with E-state index in [1.165, 1.54) is 0 Å². The van der Waals surface area contributed by atoms with E-state index in [0.29, 0.717) is 29.8 Å². The Balaban J connectivity index is 1.80. The van der Waals surface area contributed by atoms with Crippen molar-refractivity contribution in [3.05, 3.63) is 65.2 Å². The fourth-order valence-corrected chi connectivity index (χ4v) is 2.45. The van der Waals surface area contributed by atoms with Crippen molar-refractivity contribution >= 4 is 23.1 Å². The molecule has 0 atom stereocenters. The molecule has 0 unspecified atom stereocenters. The molecule has 0 saturated heterocycles. The molecule has 3 rings (SSSR count). The van der Waals surface area contributed by atoms with Gasteiger partial charge in [0.25, 0.3) is 5.78 Å². The molecule has 5 nitrogen and oxygen atoms in total. The van der Waals surface area contributed by atoms with Crippen molar-refractivity contribution in [1.29, 1.82) is 5.26 Å². The average Bonchev–Trinajstić information content (AvgIpc) is 2.61. The highest BCUT2D eigenvalue weighted by atomic mass is 16.2. The van der Waals surface area contributed by atoms with Gasteiger partial charge in [0.2, 0.25) is 0 Å². The van der Waals surface area contributed by atoms with Crippen LogP contribution < -0.4 is 5.32 Å². The van der Waals surface area contributed by atoms with Crippen LogP contribution in [-0.4, -0.2) is 23.9 Å². The quantitative estimate of drug-likeness (QED) is 0.682. The zero-order chi connectivity index (χ0) is 16.2. The van der Waals surface area contributed by atoms with E-state index in [2.05, 4.69) is 16.4 Å². The van der Waals surface area contributed by atoms with Gasteiger partial charge in [-0.1, -0.05) is 30.3 Å². The number of nitrogens with zero attached hydrogens (tertiary/aromatic N) is 2. The first-order valence-corrected chi connectivity index (χ1v) is 7.14. The second kappa shape index (κ2) is 6.24. The maximum atomic E-state index is 12.0. The number of anilines is 1. The maximum Gasteiger partial charge on any atom is 0.318 e. The summed E-state index contributed by atoms with van der Waals surface area (Å²) in [5.74, 6) is -1.39. The fourth-order valence-electron chi connectivity index (χ4n) is 2.45. The second-order valence-electron chi connectivity index (χ2n) is 5.19. The lowest BCUT2D eigenvalue weighted by Gasteiger charge is -2.19. The van der Waals surface area contributed by atoms with E-state index in [1.54, 1.807) is 42.5 Å². The third kappa shape index (κ3) is 3.16. The Bertz CT molecular complexity index is 848. The SMILES string of the molecule is N#Cc1ccc2c(c1)CC(=NC(=O)C(=O)c1ccccc1)CN2. The van der Waals surface area contributed by atoms with E-state index < -0.39 is 11.7 Å². The van der Waals surface area contributed by atoms with Crippen molar-refractivity contribution in [1.82, 2.24) is 0 Å². The van der Waals surface area contributed by atoms with Crippen LogP contribution in [0, 0.1) is 11.3 Å². The molecule has 112 valence electrons. The van der Waals surface area contributed by atoms with E-state index >= 15 is 0 Å². The van der Waals surface area contributed by atoms with Gasteiger partial charge < -0.3 is 5.32 Å².